The minimum absolute atomic E-state index is 0.0849. The fourth-order valence-electron chi connectivity index (χ4n) is 1.60. The Morgan fingerprint density at radius 3 is 3.20 bits per heavy atom. The molecule has 0 bridgehead atoms. The maximum absolute atomic E-state index is 10.6. The molecule has 5 nitrogen and oxygen atoms in total. The maximum atomic E-state index is 10.6. The van der Waals surface area contributed by atoms with Crippen LogP contribution in [0.15, 0.2) is 24.9 Å². The number of carboxylic acid groups (broad SMARTS) is 1. The van der Waals surface area contributed by atoms with Gasteiger partial charge in [0.1, 0.15) is 0 Å². The summed E-state index contributed by atoms with van der Waals surface area (Å²) in [5, 5.41) is 8.70. The van der Waals surface area contributed by atoms with Crippen molar-refractivity contribution in [3.63, 3.8) is 0 Å². The van der Waals surface area contributed by atoms with Gasteiger partial charge in [-0.1, -0.05) is 6.92 Å². The molecule has 78 valence electrons. The quantitative estimate of drug-likeness (QED) is 0.820. The molecule has 0 saturated heterocycles. The number of hydrogen-bond donors (Lipinski definition) is 1. The largest absolute Gasteiger partial charge is 0.481 e. The molecule has 1 unspecified atom stereocenters. The summed E-state index contributed by atoms with van der Waals surface area (Å²) >= 11 is 0. The van der Waals surface area contributed by atoms with Crippen molar-refractivity contribution in [2.75, 3.05) is 0 Å². The van der Waals surface area contributed by atoms with E-state index in [1.165, 1.54) is 0 Å². The predicted molar refractivity (Wildman–Crippen MR) is 53.7 cm³/mol. The Morgan fingerprint density at radius 2 is 2.47 bits per heavy atom. The van der Waals surface area contributed by atoms with E-state index in [-0.39, 0.29) is 12.3 Å². The van der Waals surface area contributed by atoms with Gasteiger partial charge in [0, 0.05) is 18.3 Å². The van der Waals surface area contributed by atoms with E-state index in [0.717, 1.165) is 11.2 Å². The van der Waals surface area contributed by atoms with E-state index in [9.17, 15) is 4.79 Å². The Labute approximate surface area is 86.4 Å². The van der Waals surface area contributed by atoms with E-state index in [0.29, 0.717) is 0 Å². The van der Waals surface area contributed by atoms with Gasteiger partial charge in [0.05, 0.1) is 30.2 Å². The molecular weight excluding hydrogens is 194 g/mol. The van der Waals surface area contributed by atoms with Crippen LogP contribution >= 0.6 is 0 Å². The zero-order valence-electron chi connectivity index (χ0n) is 8.29. The van der Waals surface area contributed by atoms with Gasteiger partial charge in [-0.3, -0.25) is 9.78 Å². The molecule has 1 atom stereocenters. The first kappa shape index (κ1) is 9.64. The van der Waals surface area contributed by atoms with Crippen molar-refractivity contribution in [2.45, 2.75) is 19.3 Å². The third-order valence-electron chi connectivity index (χ3n) is 2.32. The highest BCUT2D eigenvalue weighted by Gasteiger charge is 2.15. The van der Waals surface area contributed by atoms with E-state index in [4.69, 9.17) is 5.11 Å². The van der Waals surface area contributed by atoms with Gasteiger partial charge in [-0.05, 0) is 0 Å². The number of nitrogens with zero attached hydrogens (tertiary/aromatic N) is 3. The normalized spacial score (nSPS) is 12.9. The van der Waals surface area contributed by atoms with Crippen LogP contribution in [0.25, 0.3) is 5.52 Å². The van der Waals surface area contributed by atoms with Gasteiger partial charge in [0.2, 0.25) is 0 Å². The van der Waals surface area contributed by atoms with Crippen molar-refractivity contribution in [3.05, 3.63) is 30.6 Å². The van der Waals surface area contributed by atoms with Gasteiger partial charge in [0.25, 0.3) is 0 Å². The van der Waals surface area contributed by atoms with Crippen molar-refractivity contribution in [1.29, 1.82) is 0 Å². The minimum Gasteiger partial charge on any atom is -0.481 e. The molecule has 0 radical (unpaired) electrons. The fraction of sp³-hybridized carbons (Fsp3) is 0.300. The van der Waals surface area contributed by atoms with Crippen LogP contribution < -0.4 is 0 Å². The molecule has 0 spiro atoms. The Bertz CT molecular complexity index is 492. The molecule has 2 aromatic rings. The van der Waals surface area contributed by atoms with Crippen LogP contribution in [0, 0.1) is 0 Å². The molecule has 0 amide bonds. The Balaban J connectivity index is 2.39. The summed E-state index contributed by atoms with van der Waals surface area (Å²) in [7, 11) is 0. The topological polar surface area (TPSA) is 67.5 Å². The Hall–Kier alpha value is -1.91. The number of aromatic nitrogens is 3. The second-order valence-electron chi connectivity index (χ2n) is 3.50. The monoisotopic (exact) mass is 205 g/mol. The van der Waals surface area contributed by atoms with Gasteiger partial charge in [-0.15, -0.1) is 0 Å². The van der Waals surface area contributed by atoms with Crippen LogP contribution in [-0.2, 0) is 4.79 Å². The standard InChI is InChI=1S/C10H11N3O2/c1-7(4-9(14)15)10-8-5-11-2-3-13(8)6-12-10/h2-3,5-7H,4H2,1H3,(H,14,15). The third-order valence-corrected chi connectivity index (χ3v) is 2.32. The zero-order valence-corrected chi connectivity index (χ0v) is 8.29. The molecule has 5 heteroatoms. The number of aliphatic carboxylic acids is 1. The summed E-state index contributed by atoms with van der Waals surface area (Å²) in [6.07, 6.45) is 6.91. The van der Waals surface area contributed by atoms with Gasteiger partial charge in [-0.2, -0.15) is 0 Å². The number of fused-ring (bicyclic) bond motifs is 1. The van der Waals surface area contributed by atoms with E-state index >= 15 is 0 Å². The maximum Gasteiger partial charge on any atom is 0.304 e. The number of hydrogen-bond acceptors (Lipinski definition) is 3. The van der Waals surface area contributed by atoms with Gasteiger partial charge >= 0.3 is 5.97 Å². The fourth-order valence-corrected chi connectivity index (χ4v) is 1.60. The molecule has 2 heterocycles. The highest BCUT2D eigenvalue weighted by atomic mass is 16.4. The summed E-state index contributed by atoms with van der Waals surface area (Å²) in [6.45, 7) is 1.85. The van der Waals surface area contributed by atoms with E-state index in [2.05, 4.69) is 9.97 Å². The zero-order chi connectivity index (χ0) is 10.8. The van der Waals surface area contributed by atoms with Crippen molar-refractivity contribution in [2.24, 2.45) is 0 Å². The number of rotatable bonds is 3. The number of carboxylic acids is 1. The summed E-state index contributed by atoms with van der Waals surface area (Å²) < 4.78 is 1.83. The lowest BCUT2D eigenvalue weighted by molar-refractivity contribution is -0.137. The number of imidazole rings is 1. The first-order chi connectivity index (χ1) is 7.18. The molecule has 2 aromatic heterocycles. The average molecular weight is 205 g/mol. The first-order valence-electron chi connectivity index (χ1n) is 4.67. The van der Waals surface area contributed by atoms with Gasteiger partial charge in [0.15, 0.2) is 0 Å². The van der Waals surface area contributed by atoms with Crippen LogP contribution in [-0.4, -0.2) is 25.4 Å². The second-order valence-corrected chi connectivity index (χ2v) is 3.50. The van der Waals surface area contributed by atoms with E-state index in [1.807, 2.05) is 11.3 Å². The van der Waals surface area contributed by atoms with Gasteiger partial charge in [-0.25, -0.2) is 4.98 Å². The summed E-state index contributed by atoms with van der Waals surface area (Å²) in [6, 6.07) is 0. The minimum atomic E-state index is -0.812. The molecule has 0 saturated carbocycles. The molecule has 0 aliphatic heterocycles. The van der Waals surface area contributed by atoms with Crippen LogP contribution in [0.3, 0.4) is 0 Å². The second kappa shape index (κ2) is 3.68. The molecular formula is C10H11N3O2. The smallest absolute Gasteiger partial charge is 0.304 e. The molecule has 1 N–H and O–H groups in total. The van der Waals surface area contributed by atoms with Crippen LogP contribution in [0.2, 0.25) is 0 Å². The lowest BCUT2D eigenvalue weighted by Crippen LogP contribution is -2.03. The molecule has 0 aliphatic rings. The first-order valence-corrected chi connectivity index (χ1v) is 4.67. The Morgan fingerprint density at radius 1 is 1.67 bits per heavy atom. The van der Waals surface area contributed by atoms with Crippen LogP contribution in [0.4, 0.5) is 0 Å². The van der Waals surface area contributed by atoms with E-state index < -0.39 is 5.97 Å². The highest BCUT2D eigenvalue weighted by Crippen LogP contribution is 2.21. The summed E-state index contributed by atoms with van der Waals surface area (Å²) in [4.78, 5) is 18.8. The van der Waals surface area contributed by atoms with Crippen molar-refractivity contribution < 1.29 is 9.90 Å². The van der Waals surface area contributed by atoms with Crippen LogP contribution in [0.5, 0.6) is 0 Å². The highest BCUT2D eigenvalue weighted by molar-refractivity contribution is 5.68. The SMILES string of the molecule is CC(CC(=O)O)c1ncn2ccncc12. The summed E-state index contributed by atoms with van der Waals surface area (Å²) in [5.74, 6) is -0.913. The molecule has 0 aromatic carbocycles. The lowest BCUT2D eigenvalue weighted by atomic mass is 10.0. The molecule has 0 fully saturated rings. The van der Waals surface area contributed by atoms with Crippen LogP contribution in [0.1, 0.15) is 25.0 Å². The average Bonchev–Trinajstić information content (AvgIpc) is 2.59. The summed E-state index contributed by atoms with van der Waals surface area (Å²) in [5.41, 5.74) is 1.65. The third kappa shape index (κ3) is 1.81. The van der Waals surface area contributed by atoms with Crippen molar-refractivity contribution >= 4 is 11.5 Å². The number of carbonyl (C=O) groups is 1. The van der Waals surface area contributed by atoms with E-state index in [1.54, 1.807) is 24.9 Å². The molecule has 0 aliphatic carbocycles. The molecule has 2 rings (SSSR count). The Kier molecular flexibility index (Phi) is 2.37. The molecule has 15 heavy (non-hydrogen) atoms. The lowest BCUT2D eigenvalue weighted by Gasteiger charge is -2.05. The van der Waals surface area contributed by atoms with Crippen molar-refractivity contribution in [1.82, 2.24) is 14.4 Å². The predicted octanol–water partition coefficient (Wildman–Crippen LogP) is 1.31. The van der Waals surface area contributed by atoms with Crippen molar-refractivity contribution in [3.8, 4) is 0 Å². The van der Waals surface area contributed by atoms with Gasteiger partial charge < -0.3 is 9.51 Å².